The van der Waals surface area contributed by atoms with E-state index in [1.165, 1.54) is 12.8 Å². The van der Waals surface area contributed by atoms with E-state index >= 15 is 0 Å². The molecule has 21 heavy (non-hydrogen) atoms. The Kier molecular flexibility index (Phi) is 3.78. The molecular formula is C18H26N2O. The number of benzene rings is 1. The zero-order chi connectivity index (χ0) is 15.0. The number of hydrogen-bond acceptors (Lipinski definition) is 2. The van der Waals surface area contributed by atoms with Crippen LogP contribution in [0.5, 0.6) is 0 Å². The third kappa shape index (κ3) is 2.98. The van der Waals surface area contributed by atoms with Crippen molar-refractivity contribution in [3.63, 3.8) is 0 Å². The summed E-state index contributed by atoms with van der Waals surface area (Å²) in [5.74, 6) is 0.204. The summed E-state index contributed by atoms with van der Waals surface area (Å²) >= 11 is 0. The molecule has 1 amide bonds. The summed E-state index contributed by atoms with van der Waals surface area (Å²) in [6.45, 7) is 8.25. The number of likely N-dealkylation sites (tertiary alicyclic amines) is 1. The number of nitrogens with zero attached hydrogens (tertiary/aromatic N) is 1. The number of carbonyl (C=O) groups excluding carboxylic acids is 1. The van der Waals surface area contributed by atoms with E-state index in [0.29, 0.717) is 12.1 Å². The van der Waals surface area contributed by atoms with E-state index < -0.39 is 0 Å². The van der Waals surface area contributed by atoms with Crippen molar-refractivity contribution in [2.24, 2.45) is 0 Å². The van der Waals surface area contributed by atoms with Crippen molar-refractivity contribution in [2.75, 3.05) is 13.1 Å². The SMILES string of the molecule is CC(C)(C)c1ccccc1C(=O)N1CCC2CCC(C1)N2. The van der Waals surface area contributed by atoms with Crippen molar-refractivity contribution in [3.05, 3.63) is 35.4 Å². The average molecular weight is 286 g/mol. The molecule has 2 saturated heterocycles. The van der Waals surface area contributed by atoms with Crippen LogP contribution in [0.4, 0.5) is 0 Å². The van der Waals surface area contributed by atoms with Crippen LogP contribution in [-0.2, 0) is 5.41 Å². The number of fused-ring (bicyclic) bond motifs is 2. The number of amides is 1. The Bertz CT molecular complexity index is 532. The van der Waals surface area contributed by atoms with E-state index in [-0.39, 0.29) is 11.3 Å². The minimum Gasteiger partial charge on any atom is -0.337 e. The first-order valence-corrected chi connectivity index (χ1v) is 8.10. The minimum absolute atomic E-state index is 0.00461. The Hall–Kier alpha value is -1.35. The quantitative estimate of drug-likeness (QED) is 0.861. The predicted octanol–water partition coefficient (Wildman–Crippen LogP) is 2.95. The lowest BCUT2D eigenvalue weighted by Crippen LogP contribution is -2.39. The van der Waals surface area contributed by atoms with E-state index in [1.807, 2.05) is 18.2 Å². The van der Waals surface area contributed by atoms with Crippen LogP contribution in [0.2, 0.25) is 0 Å². The maximum absolute atomic E-state index is 13.0. The van der Waals surface area contributed by atoms with Crippen LogP contribution in [0.15, 0.2) is 24.3 Å². The van der Waals surface area contributed by atoms with E-state index in [9.17, 15) is 4.79 Å². The van der Waals surface area contributed by atoms with Crippen LogP contribution in [0.25, 0.3) is 0 Å². The van der Waals surface area contributed by atoms with Crippen molar-refractivity contribution in [1.82, 2.24) is 10.2 Å². The molecule has 3 heteroatoms. The maximum atomic E-state index is 13.0. The van der Waals surface area contributed by atoms with Gasteiger partial charge in [-0.3, -0.25) is 4.79 Å². The lowest BCUT2D eigenvalue weighted by Gasteiger charge is -2.28. The molecule has 0 spiro atoms. The first kappa shape index (κ1) is 14.6. The molecule has 1 N–H and O–H groups in total. The highest BCUT2D eigenvalue weighted by Crippen LogP contribution is 2.28. The van der Waals surface area contributed by atoms with Gasteiger partial charge in [0.1, 0.15) is 0 Å². The Balaban J connectivity index is 1.85. The molecule has 3 rings (SSSR count). The highest BCUT2D eigenvalue weighted by atomic mass is 16.2. The van der Waals surface area contributed by atoms with Crippen LogP contribution < -0.4 is 5.32 Å². The molecule has 0 aromatic heterocycles. The molecule has 2 unspecified atom stereocenters. The van der Waals surface area contributed by atoms with Gasteiger partial charge in [0.25, 0.3) is 5.91 Å². The molecule has 2 heterocycles. The van der Waals surface area contributed by atoms with Crippen LogP contribution in [-0.4, -0.2) is 36.0 Å². The number of nitrogens with one attached hydrogen (secondary N) is 1. The highest BCUT2D eigenvalue weighted by molar-refractivity contribution is 5.96. The number of carbonyl (C=O) groups is 1. The van der Waals surface area contributed by atoms with Gasteiger partial charge in [-0.1, -0.05) is 39.0 Å². The molecule has 1 aromatic carbocycles. The summed E-state index contributed by atoms with van der Waals surface area (Å²) in [4.78, 5) is 15.1. The van der Waals surface area contributed by atoms with Crippen molar-refractivity contribution in [2.45, 2.75) is 57.5 Å². The summed E-state index contributed by atoms with van der Waals surface area (Å²) in [6.07, 6.45) is 3.56. The van der Waals surface area contributed by atoms with E-state index in [2.05, 4.69) is 37.1 Å². The molecule has 2 bridgehead atoms. The summed E-state index contributed by atoms with van der Waals surface area (Å²) in [7, 11) is 0. The smallest absolute Gasteiger partial charge is 0.254 e. The lowest BCUT2D eigenvalue weighted by molar-refractivity contribution is 0.0745. The first-order chi connectivity index (χ1) is 9.95. The molecule has 2 aliphatic heterocycles. The molecule has 3 nitrogen and oxygen atoms in total. The van der Waals surface area contributed by atoms with Gasteiger partial charge in [0.15, 0.2) is 0 Å². The molecule has 114 valence electrons. The van der Waals surface area contributed by atoms with Crippen LogP contribution >= 0.6 is 0 Å². The normalized spacial score (nSPS) is 25.8. The van der Waals surface area contributed by atoms with Crippen molar-refractivity contribution >= 4 is 5.91 Å². The molecule has 1 aromatic rings. The monoisotopic (exact) mass is 286 g/mol. The van der Waals surface area contributed by atoms with Gasteiger partial charge >= 0.3 is 0 Å². The van der Waals surface area contributed by atoms with E-state index in [0.717, 1.165) is 30.6 Å². The molecule has 2 fully saturated rings. The Morgan fingerprint density at radius 2 is 1.86 bits per heavy atom. The van der Waals surface area contributed by atoms with Gasteiger partial charge in [0, 0.05) is 30.7 Å². The first-order valence-electron chi connectivity index (χ1n) is 8.10. The fourth-order valence-corrected chi connectivity index (χ4v) is 3.62. The number of hydrogen-bond donors (Lipinski definition) is 1. The fraction of sp³-hybridized carbons (Fsp3) is 0.611. The molecule has 0 saturated carbocycles. The van der Waals surface area contributed by atoms with Crippen molar-refractivity contribution < 1.29 is 4.79 Å². The fourth-order valence-electron chi connectivity index (χ4n) is 3.62. The third-order valence-electron chi connectivity index (χ3n) is 4.78. The van der Waals surface area contributed by atoms with Crippen molar-refractivity contribution in [3.8, 4) is 0 Å². The second kappa shape index (κ2) is 5.45. The van der Waals surface area contributed by atoms with E-state index in [4.69, 9.17) is 0 Å². The summed E-state index contributed by atoms with van der Waals surface area (Å²) in [5, 5.41) is 3.64. The van der Waals surface area contributed by atoms with Gasteiger partial charge in [0.05, 0.1) is 0 Å². The van der Waals surface area contributed by atoms with Gasteiger partial charge in [0.2, 0.25) is 0 Å². The maximum Gasteiger partial charge on any atom is 0.254 e. The Labute approximate surface area is 127 Å². The van der Waals surface area contributed by atoms with Gasteiger partial charge < -0.3 is 10.2 Å². The second-order valence-electron chi connectivity index (χ2n) is 7.47. The molecule has 2 atom stereocenters. The van der Waals surface area contributed by atoms with Gasteiger partial charge in [-0.25, -0.2) is 0 Å². The average Bonchev–Trinajstić information content (AvgIpc) is 2.77. The lowest BCUT2D eigenvalue weighted by atomic mass is 9.83. The minimum atomic E-state index is -0.00461. The largest absolute Gasteiger partial charge is 0.337 e. The zero-order valence-corrected chi connectivity index (χ0v) is 13.4. The van der Waals surface area contributed by atoms with E-state index in [1.54, 1.807) is 0 Å². The molecule has 2 aliphatic rings. The van der Waals surface area contributed by atoms with Gasteiger partial charge in [-0.2, -0.15) is 0 Å². The highest BCUT2D eigenvalue weighted by Gasteiger charge is 2.32. The van der Waals surface area contributed by atoms with Gasteiger partial charge in [-0.05, 0) is 36.3 Å². The van der Waals surface area contributed by atoms with Gasteiger partial charge in [-0.15, -0.1) is 0 Å². The van der Waals surface area contributed by atoms with Crippen LogP contribution in [0.3, 0.4) is 0 Å². The molecule has 0 aliphatic carbocycles. The predicted molar refractivity (Wildman–Crippen MR) is 85.6 cm³/mol. The Morgan fingerprint density at radius 1 is 1.14 bits per heavy atom. The van der Waals surface area contributed by atoms with Crippen LogP contribution in [0, 0.1) is 0 Å². The Morgan fingerprint density at radius 3 is 2.62 bits per heavy atom. The number of rotatable bonds is 1. The third-order valence-corrected chi connectivity index (χ3v) is 4.78. The standard InChI is InChI=1S/C18H26N2O/c1-18(2,3)16-7-5-4-6-15(16)17(21)20-11-10-13-8-9-14(12-20)19-13/h4-7,13-14,19H,8-12H2,1-3H3. The summed E-state index contributed by atoms with van der Waals surface area (Å²) < 4.78 is 0. The summed E-state index contributed by atoms with van der Waals surface area (Å²) in [5.41, 5.74) is 2.02. The summed E-state index contributed by atoms with van der Waals surface area (Å²) in [6, 6.07) is 9.19. The second-order valence-corrected chi connectivity index (χ2v) is 7.47. The molecule has 0 radical (unpaired) electrons. The zero-order valence-electron chi connectivity index (χ0n) is 13.4. The topological polar surface area (TPSA) is 32.3 Å². The van der Waals surface area contributed by atoms with Crippen LogP contribution in [0.1, 0.15) is 56.0 Å². The molecular weight excluding hydrogens is 260 g/mol. The van der Waals surface area contributed by atoms with Crippen molar-refractivity contribution in [1.29, 1.82) is 0 Å².